The number of rotatable bonds is 8. The van der Waals surface area contributed by atoms with Crippen molar-refractivity contribution in [2.24, 2.45) is 0 Å². The highest BCUT2D eigenvalue weighted by Gasteiger charge is 2.14. The SMILES string of the molecule is CCCCC#Cc1ccc(CCCCCC)cc1OC(C)(C)C. The Labute approximate surface area is 143 Å². The number of unbranched alkanes of at least 4 members (excludes halogenated alkanes) is 5. The first-order chi connectivity index (χ1) is 11.0. The van der Waals surface area contributed by atoms with Crippen LogP contribution in [0.4, 0.5) is 0 Å². The molecule has 0 unspecified atom stereocenters. The summed E-state index contributed by atoms with van der Waals surface area (Å²) < 4.78 is 6.16. The Kier molecular flexibility index (Phi) is 8.85. The van der Waals surface area contributed by atoms with Gasteiger partial charge in [-0.05, 0) is 57.7 Å². The van der Waals surface area contributed by atoms with Crippen molar-refractivity contribution in [1.82, 2.24) is 0 Å². The third-order valence-electron chi connectivity index (χ3n) is 3.66. The predicted molar refractivity (Wildman–Crippen MR) is 101 cm³/mol. The molecule has 0 amide bonds. The Bertz CT molecular complexity index is 511. The predicted octanol–water partition coefficient (Wildman–Crippen LogP) is 6.53. The topological polar surface area (TPSA) is 9.23 Å². The van der Waals surface area contributed by atoms with Crippen LogP contribution in [0.2, 0.25) is 0 Å². The van der Waals surface area contributed by atoms with Crippen LogP contribution in [0.5, 0.6) is 5.75 Å². The molecule has 0 spiro atoms. The number of hydrogen-bond acceptors (Lipinski definition) is 1. The van der Waals surface area contributed by atoms with Crippen molar-refractivity contribution in [3.63, 3.8) is 0 Å². The summed E-state index contributed by atoms with van der Waals surface area (Å²) in [4.78, 5) is 0. The van der Waals surface area contributed by atoms with Gasteiger partial charge >= 0.3 is 0 Å². The molecule has 128 valence electrons. The van der Waals surface area contributed by atoms with Gasteiger partial charge in [0.25, 0.3) is 0 Å². The highest BCUT2D eigenvalue weighted by molar-refractivity contribution is 5.48. The molecule has 0 radical (unpaired) electrons. The lowest BCUT2D eigenvalue weighted by atomic mass is 10.0. The molecule has 0 aliphatic carbocycles. The van der Waals surface area contributed by atoms with E-state index in [1.807, 2.05) is 0 Å². The maximum Gasteiger partial charge on any atom is 0.135 e. The van der Waals surface area contributed by atoms with E-state index >= 15 is 0 Å². The van der Waals surface area contributed by atoms with E-state index in [0.29, 0.717) is 0 Å². The van der Waals surface area contributed by atoms with Crippen LogP contribution < -0.4 is 4.74 Å². The molecule has 23 heavy (non-hydrogen) atoms. The van der Waals surface area contributed by atoms with Crippen LogP contribution in [0.25, 0.3) is 0 Å². The number of hydrogen-bond donors (Lipinski definition) is 0. The Balaban J connectivity index is 2.84. The van der Waals surface area contributed by atoms with Crippen LogP contribution in [-0.4, -0.2) is 5.60 Å². The molecule has 0 aliphatic rings. The normalized spacial score (nSPS) is 11.0. The van der Waals surface area contributed by atoms with E-state index in [9.17, 15) is 0 Å². The molecule has 1 nitrogen and oxygen atoms in total. The lowest BCUT2D eigenvalue weighted by molar-refractivity contribution is 0.130. The van der Waals surface area contributed by atoms with Crippen molar-refractivity contribution in [3.05, 3.63) is 29.3 Å². The average Bonchev–Trinajstić information content (AvgIpc) is 2.48. The molecule has 0 saturated heterocycles. The van der Waals surface area contributed by atoms with Crippen molar-refractivity contribution in [2.75, 3.05) is 0 Å². The summed E-state index contributed by atoms with van der Waals surface area (Å²) in [5.74, 6) is 7.52. The molecule has 0 heterocycles. The van der Waals surface area contributed by atoms with Crippen LogP contribution in [0.15, 0.2) is 18.2 Å². The molecule has 1 rings (SSSR count). The molecule has 0 N–H and O–H groups in total. The third kappa shape index (κ3) is 8.70. The van der Waals surface area contributed by atoms with Gasteiger partial charge in [0.2, 0.25) is 0 Å². The van der Waals surface area contributed by atoms with Crippen molar-refractivity contribution in [3.8, 4) is 17.6 Å². The fraction of sp³-hybridized carbons (Fsp3) is 0.636. The van der Waals surface area contributed by atoms with Gasteiger partial charge in [-0.3, -0.25) is 0 Å². The minimum Gasteiger partial charge on any atom is -0.487 e. The molecule has 0 aliphatic heterocycles. The fourth-order valence-electron chi connectivity index (χ4n) is 2.42. The second-order valence-electron chi connectivity index (χ2n) is 7.26. The van der Waals surface area contributed by atoms with Crippen LogP contribution >= 0.6 is 0 Å². The van der Waals surface area contributed by atoms with Gasteiger partial charge in [0.1, 0.15) is 11.4 Å². The number of ether oxygens (including phenoxy) is 1. The first-order valence-corrected chi connectivity index (χ1v) is 9.27. The number of benzene rings is 1. The van der Waals surface area contributed by atoms with Crippen molar-refractivity contribution in [2.45, 2.75) is 91.6 Å². The molecule has 0 fully saturated rings. The first-order valence-electron chi connectivity index (χ1n) is 9.27. The molecule has 1 aromatic carbocycles. The van der Waals surface area contributed by atoms with Gasteiger partial charge in [-0.1, -0.05) is 57.4 Å². The fourth-order valence-corrected chi connectivity index (χ4v) is 2.42. The summed E-state index contributed by atoms with van der Waals surface area (Å²) in [6, 6.07) is 6.54. The van der Waals surface area contributed by atoms with E-state index in [-0.39, 0.29) is 5.60 Å². The van der Waals surface area contributed by atoms with Gasteiger partial charge < -0.3 is 4.74 Å². The molecule has 0 saturated carbocycles. The molecular weight excluding hydrogens is 280 g/mol. The summed E-state index contributed by atoms with van der Waals surface area (Å²) in [6.45, 7) is 10.7. The van der Waals surface area contributed by atoms with E-state index in [4.69, 9.17) is 4.74 Å². The second-order valence-corrected chi connectivity index (χ2v) is 7.26. The van der Waals surface area contributed by atoms with E-state index in [1.54, 1.807) is 0 Å². The van der Waals surface area contributed by atoms with Crippen LogP contribution in [-0.2, 0) is 6.42 Å². The zero-order valence-corrected chi connectivity index (χ0v) is 15.8. The Morgan fingerprint density at radius 2 is 1.70 bits per heavy atom. The highest BCUT2D eigenvalue weighted by Crippen LogP contribution is 2.25. The van der Waals surface area contributed by atoms with Crippen LogP contribution in [0, 0.1) is 11.8 Å². The Hall–Kier alpha value is -1.42. The largest absolute Gasteiger partial charge is 0.487 e. The molecule has 0 aromatic heterocycles. The van der Waals surface area contributed by atoms with Gasteiger partial charge in [0.15, 0.2) is 0 Å². The first kappa shape index (κ1) is 19.6. The van der Waals surface area contributed by atoms with E-state index < -0.39 is 0 Å². The van der Waals surface area contributed by atoms with Crippen LogP contribution in [0.3, 0.4) is 0 Å². The summed E-state index contributed by atoms with van der Waals surface area (Å²) in [5.41, 5.74) is 2.19. The van der Waals surface area contributed by atoms with Crippen LogP contribution in [0.1, 0.15) is 90.7 Å². The zero-order chi connectivity index (χ0) is 17.1. The lowest BCUT2D eigenvalue weighted by Gasteiger charge is -2.22. The second kappa shape index (κ2) is 10.4. The quantitative estimate of drug-likeness (QED) is 0.391. The van der Waals surface area contributed by atoms with E-state index in [2.05, 4.69) is 64.7 Å². The lowest BCUT2D eigenvalue weighted by Crippen LogP contribution is -2.23. The number of aryl methyl sites for hydroxylation is 1. The summed E-state index contributed by atoms with van der Waals surface area (Å²) >= 11 is 0. The van der Waals surface area contributed by atoms with Crippen molar-refractivity contribution in [1.29, 1.82) is 0 Å². The molecule has 0 bridgehead atoms. The standard InChI is InChI=1S/C22H34O/c1-6-8-10-12-14-19-16-17-20(15-13-11-9-7-2)21(18-19)23-22(3,4)5/h16-18H,6-12,14H2,1-5H3. The van der Waals surface area contributed by atoms with Gasteiger partial charge in [0, 0.05) is 6.42 Å². The average molecular weight is 315 g/mol. The van der Waals surface area contributed by atoms with Gasteiger partial charge in [-0.2, -0.15) is 0 Å². The van der Waals surface area contributed by atoms with Gasteiger partial charge in [-0.25, -0.2) is 0 Å². The highest BCUT2D eigenvalue weighted by atomic mass is 16.5. The van der Waals surface area contributed by atoms with Crippen molar-refractivity contribution < 1.29 is 4.74 Å². The van der Waals surface area contributed by atoms with E-state index in [1.165, 1.54) is 37.7 Å². The van der Waals surface area contributed by atoms with Gasteiger partial charge in [0.05, 0.1) is 5.56 Å². The molecule has 1 heteroatoms. The molecular formula is C22H34O. The summed E-state index contributed by atoms with van der Waals surface area (Å²) in [5, 5.41) is 0. The maximum atomic E-state index is 6.16. The molecule has 0 atom stereocenters. The monoisotopic (exact) mass is 314 g/mol. The smallest absolute Gasteiger partial charge is 0.135 e. The van der Waals surface area contributed by atoms with E-state index in [0.717, 1.165) is 30.6 Å². The summed E-state index contributed by atoms with van der Waals surface area (Å²) in [7, 11) is 0. The third-order valence-corrected chi connectivity index (χ3v) is 3.66. The minimum atomic E-state index is -0.194. The zero-order valence-electron chi connectivity index (χ0n) is 15.8. The summed E-state index contributed by atoms with van der Waals surface area (Å²) in [6.07, 6.45) is 9.62. The van der Waals surface area contributed by atoms with Crippen molar-refractivity contribution >= 4 is 0 Å². The maximum absolute atomic E-state index is 6.16. The minimum absolute atomic E-state index is 0.194. The Morgan fingerprint density at radius 1 is 0.957 bits per heavy atom. The van der Waals surface area contributed by atoms with Gasteiger partial charge in [-0.15, -0.1) is 0 Å². The Morgan fingerprint density at radius 3 is 2.35 bits per heavy atom. The molecule has 1 aromatic rings.